The molecular weight excluding hydrogens is 180 g/mol. The van der Waals surface area contributed by atoms with Crippen LogP contribution in [0.3, 0.4) is 0 Å². The third-order valence-electron chi connectivity index (χ3n) is 1.81. The van der Waals surface area contributed by atoms with Crippen molar-refractivity contribution in [3.05, 3.63) is 24.3 Å². The number of nitrogens with one attached hydrogen (secondary N) is 1. The fourth-order valence-corrected chi connectivity index (χ4v) is 0.970. The van der Waals surface area contributed by atoms with Gasteiger partial charge in [-0.3, -0.25) is 5.41 Å². The first-order chi connectivity index (χ1) is 6.65. The van der Waals surface area contributed by atoms with Crippen LogP contribution in [0.1, 0.15) is 6.92 Å². The minimum Gasteiger partial charge on any atom is -0.493 e. The second-order valence-electron chi connectivity index (χ2n) is 2.87. The van der Waals surface area contributed by atoms with Crippen LogP contribution in [0.15, 0.2) is 24.3 Å². The molecule has 0 spiro atoms. The van der Waals surface area contributed by atoms with E-state index in [2.05, 4.69) is 0 Å². The lowest BCUT2D eigenvalue weighted by Gasteiger charge is -2.15. The van der Waals surface area contributed by atoms with Gasteiger partial charge in [-0.15, -0.1) is 0 Å². The molecule has 0 bridgehead atoms. The molecule has 0 saturated carbocycles. The molecule has 4 nitrogen and oxygen atoms in total. The van der Waals surface area contributed by atoms with Crippen LogP contribution in [0.2, 0.25) is 0 Å². The Bertz CT molecular complexity index is 326. The number of hydrogen-bond acceptors (Lipinski definition) is 3. The lowest BCUT2D eigenvalue weighted by Crippen LogP contribution is -2.30. The molecule has 1 rings (SSSR count). The number of amidine groups is 1. The Kier molecular flexibility index (Phi) is 3.34. The normalized spacial score (nSPS) is 11.9. The highest BCUT2D eigenvalue weighted by atomic mass is 16.5. The highest BCUT2D eigenvalue weighted by molar-refractivity contribution is 5.81. The molecule has 3 N–H and O–H groups in total. The quantitative estimate of drug-likeness (QED) is 0.562. The van der Waals surface area contributed by atoms with Gasteiger partial charge < -0.3 is 15.2 Å². The standard InChI is InChI=1S/C10H14N2O2/c1-7(10(11)12)14-9-6-4-3-5-8(9)13-2/h3-7H,1-2H3,(H3,11,12). The van der Waals surface area contributed by atoms with Crippen LogP contribution in [0.5, 0.6) is 11.5 Å². The van der Waals surface area contributed by atoms with E-state index in [9.17, 15) is 0 Å². The molecule has 14 heavy (non-hydrogen) atoms. The van der Waals surface area contributed by atoms with Gasteiger partial charge in [-0.2, -0.15) is 0 Å². The van der Waals surface area contributed by atoms with E-state index in [0.29, 0.717) is 11.5 Å². The second kappa shape index (κ2) is 4.50. The molecule has 1 aromatic rings. The van der Waals surface area contributed by atoms with E-state index in [1.165, 1.54) is 0 Å². The van der Waals surface area contributed by atoms with Crippen LogP contribution < -0.4 is 15.2 Å². The molecule has 0 aliphatic rings. The van der Waals surface area contributed by atoms with Gasteiger partial charge in [-0.1, -0.05) is 12.1 Å². The number of para-hydroxylation sites is 2. The second-order valence-corrected chi connectivity index (χ2v) is 2.87. The highest BCUT2D eigenvalue weighted by Crippen LogP contribution is 2.26. The molecule has 4 heteroatoms. The smallest absolute Gasteiger partial charge is 0.162 e. The third kappa shape index (κ3) is 2.39. The minimum absolute atomic E-state index is 0.00379. The van der Waals surface area contributed by atoms with E-state index in [-0.39, 0.29) is 5.84 Å². The summed E-state index contributed by atoms with van der Waals surface area (Å²) in [5, 5.41) is 7.19. The van der Waals surface area contributed by atoms with E-state index in [0.717, 1.165) is 0 Å². The molecule has 0 radical (unpaired) electrons. The van der Waals surface area contributed by atoms with E-state index < -0.39 is 6.10 Å². The van der Waals surface area contributed by atoms with Gasteiger partial charge >= 0.3 is 0 Å². The van der Waals surface area contributed by atoms with E-state index in [1.807, 2.05) is 12.1 Å². The monoisotopic (exact) mass is 194 g/mol. The van der Waals surface area contributed by atoms with Crippen molar-refractivity contribution in [2.24, 2.45) is 5.73 Å². The number of nitrogens with two attached hydrogens (primary N) is 1. The average molecular weight is 194 g/mol. The summed E-state index contributed by atoms with van der Waals surface area (Å²) in [7, 11) is 1.57. The van der Waals surface area contributed by atoms with E-state index >= 15 is 0 Å². The molecule has 1 unspecified atom stereocenters. The average Bonchev–Trinajstić information content (AvgIpc) is 2.18. The van der Waals surface area contributed by atoms with Gasteiger partial charge in [-0.25, -0.2) is 0 Å². The maximum absolute atomic E-state index is 7.19. The molecule has 1 atom stereocenters. The molecule has 0 amide bonds. The van der Waals surface area contributed by atoms with Crippen molar-refractivity contribution in [1.82, 2.24) is 0 Å². The molecule has 0 aliphatic carbocycles. The Balaban J connectivity index is 2.80. The zero-order chi connectivity index (χ0) is 10.6. The maximum atomic E-state index is 7.19. The first-order valence-corrected chi connectivity index (χ1v) is 4.28. The highest BCUT2D eigenvalue weighted by Gasteiger charge is 2.09. The van der Waals surface area contributed by atoms with Crippen molar-refractivity contribution >= 4 is 5.84 Å². The van der Waals surface area contributed by atoms with Crippen molar-refractivity contribution in [2.75, 3.05) is 7.11 Å². The molecule has 0 heterocycles. The number of methoxy groups -OCH3 is 1. The fourth-order valence-electron chi connectivity index (χ4n) is 0.970. The van der Waals surface area contributed by atoms with Crippen LogP contribution >= 0.6 is 0 Å². The summed E-state index contributed by atoms with van der Waals surface area (Å²) >= 11 is 0. The summed E-state index contributed by atoms with van der Waals surface area (Å²) in [4.78, 5) is 0. The lowest BCUT2D eigenvalue weighted by atomic mass is 10.3. The molecule has 76 valence electrons. The summed E-state index contributed by atoms with van der Waals surface area (Å²) in [5.74, 6) is 1.23. The lowest BCUT2D eigenvalue weighted by molar-refractivity contribution is 0.267. The van der Waals surface area contributed by atoms with Crippen LogP contribution in [0.4, 0.5) is 0 Å². The first-order valence-electron chi connectivity index (χ1n) is 4.28. The SMILES string of the molecule is COc1ccccc1OC(C)C(=N)N. The Labute approximate surface area is 83.1 Å². The molecule has 1 aromatic carbocycles. The Morgan fingerprint density at radius 1 is 1.36 bits per heavy atom. The largest absolute Gasteiger partial charge is 0.493 e. The summed E-state index contributed by atoms with van der Waals surface area (Å²) in [6.07, 6.45) is -0.439. The summed E-state index contributed by atoms with van der Waals surface area (Å²) in [6, 6.07) is 7.26. The summed E-state index contributed by atoms with van der Waals surface area (Å²) in [5.41, 5.74) is 5.29. The summed E-state index contributed by atoms with van der Waals surface area (Å²) < 4.78 is 10.5. The topological polar surface area (TPSA) is 68.3 Å². The number of hydrogen-bond donors (Lipinski definition) is 2. The van der Waals surface area contributed by atoms with E-state index in [1.54, 1.807) is 26.2 Å². The zero-order valence-corrected chi connectivity index (χ0v) is 8.28. The van der Waals surface area contributed by atoms with Gasteiger partial charge in [0.1, 0.15) is 5.84 Å². The fraction of sp³-hybridized carbons (Fsp3) is 0.300. The molecule has 0 aliphatic heterocycles. The molecule has 0 fully saturated rings. The number of ether oxygens (including phenoxy) is 2. The van der Waals surface area contributed by atoms with Gasteiger partial charge in [0.05, 0.1) is 7.11 Å². The van der Waals surface area contributed by atoms with Crippen molar-refractivity contribution in [1.29, 1.82) is 5.41 Å². The van der Waals surface area contributed by atoms with Gasteiger partial charge in [0.2, 0.25) is 0 Å². The Hall–Kier alpha value is -1.71. The van der Waals surface area contributed by atoms with Crippen LogP contribution in [0, 0.1) is 5.41 Å². The predicted molar refractivity (Wildman–Crippen MR) is 55.0 cm³/mol. The zero-order valence-electron chi connectivity index (χ0n) is 8.28. The van der Waals surface area contributed by atoms with Gasteiger partial charge in [0.25, 0.3) is 0 Å². The number of benzene rings is 1. The van der Waals surface area contributed by atoms with Crippen molar-refractivity contribution < 1.29 is 9.47 Å². The van der Waals surface area contributed by atoms with Gasteiger partial charge in [0.15, 0.2) is 17.6 Å². The van der Waals surface area contributed by atoms with Crippen molar-refractivity contribution in [3.8, 4) is 11.5 Å². The van der Waals surface area contributed by atoms with Crippen LogP contribution in [0.25, 0.3) is 0 Å². The Morgan fingerprint density at radius 2 is 1.93 bits per heavy atom. The molecule has 0 aromatic heterocycles. The maximum Gasteiger partial charge on any atom is 0.162 e. The van der Waals surface area contributed by atoms with Crippen molar-refractivity contribution in [3.63, 3.8) is 0 Å². The third-order valence-corrected chi connectivity index (χ3v) is 1.81. The first kappa shape index (κ1) is 10.4. The van der Waals surface area contributed by atoms with Crippen LogP contribution in [-0.4, -0.2) is 19.0 Å². The van der Waals surface area contributed by atoms with Gasteiger partial charge in [-0.05, 0) is 19.1 Å². The molecule has 0 saturated heterocycles. The minimum atomic E-state index is -0.439. The number of rotatable bonds is 4. The molecular formula is C10H14N2O2. The summed E-state index contributed by atoms with van der Waals surface area (Å²) in [6.45, 7) is 1.72. The Morgan fingerprint density at radius 3 is 2.43 bits per heavy atom. The predicted octanol–water partition coefficient (Wildman–Crippen LogP) is 1.40. The van der Waals surface area contributed by atoms with Gasteiger partial charge in [0, 0.05) is 0 Å². The van der Waals surface area contributed by atoms with Crippen molar-refractivity contribution in [2.45, 2.75) is 13.0 Å². The van der Waals surface area contributed by atoms with E-state index in [4.69, 9.17) is 20.6 Å². The van der Waals surface area contributed by atoms with Crippen LogP contribution in [-0.2, 0) is 0 Å².